The molecule has 0 aliphatic rings. The number of hydrogen-bond donors (Lipinski definition) is 0. The summed E-state index contributed by atoms with van der Waals surface area (Å²) in [6.07, 6.45) is -38.8. The van der Waals surface area contributed by atoms with Crippen LogP contribution in [0.2, 0.25) is 0 Å². The molecule has 0 bridgehead atoms. The van der Waals surface area contributed by atoms with E-state index in [-0.39, 0.29) is 0 Å². The third-order valence-corrected chi connectivity index (χ3v) is 12.2. The smallest absolute Gasteiger partial charge is 0.0000000000000000739 e. The van der Waals surface area contributed by atoms with E-state index in [4.69, 9.17) is 232 Å². The molecule has 184 valence electrons. The molecule has 0 unspecified atom stereocenters. The van der Waals surface area contributed by atoms with Gasteiger partial charge in [-0.3, -0.25) is 0 Å². The van der Waals surface area contributed by atoms with Gasteiger partial charge in [0.2, 0.25) is 0 Å². The average Bonchev–Trinajstić information content (AvgIpc) is 3.02. The Hall–Kier alpha value is 3.90. The van der Waals surface area contributed by atoms with Crippen molar-refractivity contribution in [2.24, 2.45) is 0 Å². The van der Waals surface area contributed by atoms with Gasteiger partial charge in [0.05, 0.1) is 0 Å². The summed E-state index contributed by atoms with van der Waals surface area (Å²) in [6, 6.07) is 0. The highest BCUT2D eigenvalue weighted by Gasteiger charge is 2.62. The predicted molar refractivity (Wildman–Crippen MR) is 349 cm³/mol. The van der Waals surface area contributed by atoms with E-state index < -0.39 is 193 Å². The zero-order chi connectivity index (χ0) is 47.7. The summed E-state index contributed by atoms with van der Waals surface area (Å²) in [4.78, 5) is 0. The van der Waals surface area contributed by atoms with Gasteiger partial charge in [0, 0.05) is 0 Å². The molecule has 0 fully saturated rings. The molecule has 60 radical (unpaired) electrons. The molecule has 0 saturated carbocycles. The molecule has 0 nitrogen and oxygen atoms in total. The third kappa shape index (κ3) is 17.1. The lowest BCUT2D eigenvalue weighted by molar-refractivity contribution is 3.17. The lowest BCUT2D eigenvalue weighted by atomic mass is 8.23. The predicted octanol–water partition coefficient (Wildman–Crippen LogP) is -23.7. The van der Waals surface area contributed by atoms with E-state index in [1.165, 1.54) is 0 Å². The molecular weight excluding hydrogens is 649 g/mol. The molecule has 0 saturated heterocycles. The van der Waals surface area contributed by atoms with Crippen LogP contribution in [0.15, 0.2) is 0 Å². The first kappa shape index (κ1) is 63.9. The topological polar surface area (TPSA) is 0 Å². The average molecular weight is 652 g/mol. The summed E-state index contributed by atoms with van der Waals surface area (Å²) < 4.78 is 0. The summed E-state index contributed by atoms with van der Waals surface area (Å²) in [5.74, 6) is 0. The Labute approximate surface area is 421 Å². The number of rotatable bonds is 28. The van der Waals surface area contributed by atoms with Gasteiger partial charge in [-0.05, 0) is 411 Å². The van der Waals surface area contributed by atoms with Gasteiger partial charge in [0.25, 0.3) is 0 Å². The molecule has 0 aliphatic carbocycles. The van der Waals surface area contributed by atoms with E-state index >= 15 is 0 Å². The molecule has 0 aliphatic heterocycles. The maximum absolute atomic E-state index is 7.27. The molecule has 60 heteroatoms. The second-order valence-electron chi connectivity index (χ2n) is 16.4. The van der Waals surface area contributed by atoms with Gasteiger partial charge in [-0.2, -0.15) is 0 Å². The van der Waals surface area contributed by atoms with E-state index in [1.807, 2.05) is 0 Å². The molecule has 0 heterocycles. The van der Waals surface area contributed by atoms with Crippen LogP contribution in [-0.4, -0.2) is 425 Å². The van der Waals surface area contributed by atoms with Crippen LogP contribution in [0.1, 0.15) is 0 Å². The van der Waals surface area contributed by atoms with Crippen molar-refractivity contribution in [1.29, 1.82) is 0 Å². The molecule has 0 N–H and O–H groups in total. The molecule has 0 spiro atoms. The molecule has 0 amide bonds. The van der Waals surface area contributed by atoms with Gasteiger partial charge >= 0.3 is 0 Å². The highest BCUT2D eigenvalue weighted by molar-refractivity contribution is 8.38. The van der Waals surface area contributed by atoms with Crippen molar-refractivity contribution < 1.29 is 0 Å². The van der Waals surface area contributed by atoms with Crippen LogP contribution < -0.4 is 0 Å². The van der Waals surface area contributed by atoms with Gasteiger partial charge in [-0.25, -0.2) is 0 Å². The van der Waals surface area contributed by atoms with E-state index in [0.717, 1.165) is 0 Å². The maximum atomic E-state index is 7.27. The number of hydrogen-bond acceptors (Lipinski definition) is 0. The quantitative estimate of drug-likeness (QED) is 0.0739. The Morgan fingerprint density at radius 3 is 0.367 bits per heavy atom. The van der Waals surface area contributed by atoms with Gasteiger partial charge in [0.1, 0.15) is 0 Å². The molecular formula is H3B60-. The van der Waals surface area contributed by atoms with Crippen molar-refractivity contribution in [3.63, 3.8) is 0 Å². The zero-order valence-corrected chi connectivity index (χ0v) is 34.1. The first-order valence-corrected chi connectivity index (χ1v) is 19.3. The van der Waals surface area contributed by atoms with Crippen LogP contribution in [0.25, 0.3) is 0 Å². The van der Waals surface area contributed by atoms with Crippen molar-refractivity contribution in [3.8, 4) is 0 Å². The monoisotopic (exact) mass is 664 g/mol. The highest BCUT2D eigenvalue weighted by Crippen LogP contribution is 2.24. The van der Waals surface area contributed by atoms with E-state index in [1.54, 1.807) is 0 Å². The summed E-state index contributed by atoms with van der Waals surface area (Å²) in [7, 11) is 198. The standard InChI is InChI=1S/B60H3/c1-32(2)47(31)55(48(33(3)4)34(5)6)59(56(49(35(7)8)36(9)10)50(37(11)12)38(13)14)60(57(51(39(15)16)40(17)18)52(41(19)20)42(21)22)58(53(43(23)24)44(25)26)54(45(27)28)46(29)30/h1H3/q-1. The van der Waals surface area contributed by atoms with Crippen LogP contribution >= 0.6 is 0 Å². The minimum Gasteiger partial charge on any atom is -0.128 e. The summed E-state index contributed by atoms with van der Waals surface area (Å²) in [5.41, 5.74) is 0. The molecule has 0 aromatic heterocycles. The first-order chi connectivity index (χ1) is 27.2. The van der Waals surface area contributed by atoms with Crippen molar-refractivity contribution in [1.82, 2.24) is 0 Å². The van der Waals surface area contributed by atoms with Crippen molar-refractivity contribution in [2.75, 3.05) is 0 Å². The Bertz CT molecular complexity index is 931. The van der Waals surface area contributed by atoms with E-state index in [0.29, 0.717) is 0 Å². The van der Waals surface area contributed by atoms with Gasteiger partial charge in [-0.1, -0.05) is 7.74 Å². The highest BCUT2D eigenvalue weighted by atomic mass is 13.4. The zero-order valence-electron chi connectivity index (χ0n) is 34.1. The van der Waals surface area contributed by atoms with Crippen LogP contribution in [0.5, 0.6) is 0 Å². The van der Waals surface area contributed by atoms with Gasteiger partial charge < -0.3 is 0 Å². The molecule has 0 atom stereocenters. The van der Waals surface area contributed by atoms with Crippen LogP contribution in [0.3, 0.4) is 0 Å². The Kier molecular flexibility index (Phi) is 31.1. The van der Waals surface area contributed by atoms with Crippen LogP contribution in [-0.2, 0) is 0 Å². The SMILES string of the molecule is [B]B([B])B(B([B])[B])B(B([B])B([B])[BH3-])B(B(B(B([B])[B])B([B])[B])B(B([B])[B])B([B])[B])B(B(B(B([B])[B])B([B])[B])B(B([B])[B])B([B])[B])B(B(B([B])[B])B([B])[B])B(B([B])[B])B([B])[B]. The fraction of sp³-hybridized carbons (Fsp3) is 0. The fourth-order valence-corrected chi connectivity index (χ4v) is 10.1. The summed E-state index contributed by atoms with van der Waals surface area (Å²) in [6.45, 7) is 0. The van der Waals surface area contributed by atoms with Gasteiger partial charge in [0.15, 0.2) is 0 Å². The second-order valence-corrected chi connectivity index (χ2v) is 16.4. The second kappa shape index (κ2) is 29.2. The summed E-state index contributed by atoms with van der Waals surface area (Å²) >= 11 is 0. The van der Waals surface area contributed by atoms with E-state index in [9.17, 15) is 0 Å². The lowest BCUT2D eigenvalue weighted by Crippen LogP contribution is -2.97. The maximum Gasteiger partial charge on any atom is -0.0000000000000000739 e. The first-order valence-electron chi connectivity index (χ1n) is 19.3. The third-order valence-electron chi connectivity index (χ3n) is 12.2. The van der Waals surface area contributed by atoms with Crippen molar-refractivity contribution in [3.05, 3.63) is 0 Å². The minimum absolute atomic E-state index is 0.703. The lowest BCUT2D eigenvalue weighted by Gasteiger charge is -2.59. The molecule has 60 heavy (non-hydrogen) atoms. The molecule has 0 rings (SSSR count). The van der Waals surface area contributed by atoms with E-state index in [2.05, 4.69) is 0 Å². The molecule has 0 aromatic rings. The minimum atomic E-state index is -1.43. The Morgan fingerprint density at radius 2 is 0.250 bits per heavy atom. The van der Waals surface area contributed by atoms with Crippen LogP contribution in [0, 0.1) is 0 Å². The fourth-order valence-electron chi connectivity index (χ4n) is 10.1. The molecule has 0 aromatic carbocycles. The Balaban J connectivity index is 10.7. The normalized spacial score (nSPS) is 9.75. The summed E-state index contributed by atoms with van der Waals surface area (Å²) in [5, 5.41) is 0. The van der Waals surface area contributed by atoms with Crippen LogP contribution in [0.4, 0.5) is 0 Å². The Morgan fingerprint density at radius 1 is 0.150 bits per heavy atom. The van der Waals surface area contributed by atoms with Gasteiger partial charge in [-0.15, -0.1) is 6.39 Å². The van der Waals surface area contributed by atoms with Crippen molar-refractivity contribution >= 4 is 425 Å². The van der Waals surface area contributed by atoms with Crippen molar-refractivity contribution in [2.45, 2.75) is 0 Å². The largest absolute Gasteiger partial charge is 0.128 e.